The molecule has 1 aromatic carbocycles. The highest BCUT2D eigenvalue weighted by Crippen LogP contribution is 2.19. The molecule has 0 amide bonds. The fourth-order valence-electron chi connectivity index (χ4n) is 1.82. The molecule has 0 bridgehead atoms. The summed E-state index contributed by atoms with van der Waals surface area (Å²) >= 11 is 0. The van der Waals surface area contributed by atoms with Gasteiger partial charge in [-0.25, -0.2) is 4.98 Å². The highest BCUT2D eigenvalue weighted by atomic mass is 15.1. The molecule has 4 nitrogen and oxygen atoms in total. The predicted octanol–water partition coefficient (Wildman–Crippen LogP) is 2.89. The number of nitrogens with one attached hydrogen (secondary N) is 1. The quantitative estimate of drug-likeness (QED) is 0.894. The molecule has 1 heterocycles. The van der Waals surface area contributed by atoms with Gasteiger partial charge < -0.3 is 9.88 Å². The summed E-state index contributed by atoms with van der Waals surface area (Å²) in [5.74, 6) is 0. The summed E-state index contributed by atoms with van der Waals surface area (Å²) in [4.78, 5) is 4.09. The van der Waals surface area contributed by atoms with Gasteiger partial charge in [0.2, 0.25) is 0 Å². The number of imidazole rings is 1. The minimum Gasteiger partial charge on any atom is -0.365 e. The largest absolute Gasteiger partial charge is 0.365 e. The predicted molar refractivity (Wildman–Crippen MR) is 71.1 cm³/mol. The Kier molecular flexibility index (Phi) is 3.63. The van der Waals surface area contributed by atoms with E-state index in [9.17, 15) is 5.26 Å². The van der Waals surface area contributed by atoms with Crippen LogP contribution in [0.15, 0.2) is 36.8 Å². The molecule has 0 radical (unpaired) electrons. The van der Waals surface area contributed by atoms with E-state index in [4.69, 9.17) is 0 Å². The Balaban J connectivity index is 2.20. The number of nitrogens with zero attached hydrogens (tertiary/aromatic N) is 3. The van der Waals surface area contributed by atoms with E-state index in [2.05, 4.69) is 16.4 Å². The van der Waals surface area contributed by atoms with Gasteiger partial charge in [-0.1, -0.05) is 17.7 Å². The third-order valence-corrected chi connectivity index (χ3v) is 2.87. The van der Waals surface area contributed by atoms with E-state index in [1.807, 2.05) is 42.7 Å². The van der Waals surface area contributed by atoms with Crippen LogP contribution >= 0.6 is 0 Å². The van der Waals surface area contributed by atoms with E-state index < -0.39 is 0 Å². The number of hydrogen-bond acceptors (Lipinski definition) is 3. The highest BCUT2D eigenvalue weighted by Gasteiger charge is 2.14. The van der Waals surface area contributed by atoms with E-state index in [1.165, 1.54) is 5.56 Å². The summed E-state index contributed by atoms with van der Waals surface area (Å²) in [6.45, 7) is 4.88. The van der Waals surface area contributed by atoms with E-state index in [0.29, 0.717) is 0 Å². The van der Waals surface area contributed by atoms with E-state index in [0.717, 1.165) is 17.9 Å². The number of hydrogen-bond donors (Lipinski definition) is 1. The van der Waals surface area contributed by atoms with Crippen molar-refractivity contribution in [3.8, 4) is 6.07 Å². The van der Waals surface area contributed by atoms with Crippen molar-refractivity contribution in [2.45, 2.75) is 26.4 Å². The molecule has 0 aliphatic carbocycles. The second-order valence-electron chi connectivity index (χ2n) is 4.18. The van der Waals surface area contributed by atoms with Crippen LogP contribution in [0.1, 0.15) is 24.2 Å². The summed E-state index contributed by atoms with van der Waals surface area (Å²) in [5.41, 5.74) is 3.03. The number of benzene rings is 1. The Hall–Kier alpha value is -2.28. The van der Waals surface area contributed by atoms with Crippen molar-refractivity contribution < 1.29 is 0 Å². The molecule has 4 heteroatoms. The van der Waals surface area contributed by atoms with Gasteiger partial charge in [0.1, 0.15) is 0 Å². The molecule has 0 aliphatic rings. The first-order valence-electron chi connectivity index (χ1n) is 5.97. The minimum absolute atomic E-state index is 0.379. The van der Waals surface area contributed by atoms with Crippen molar-refractivity contribution in [2.75, 3.05) is 5.32 Å². The number of nitriles is 1. The molecule has 0 fully saturated rings. The Morgan fingerprint density at radius 2 is 2.11 bits per heavy atom. The van der Waals surface area contributed by atoms with Crippen LogP contribution in [-0.4, -0.2) is 9.55 Å². The van der Waals surface area contributed by atoms with Crippen molar-refractivity contribution in [3.05, 3.63) is 48.0 Å². The van der Waals surface area contributed by atoms with E-state index in [-0.39, 0.29) is 6.04 Å². The van der Waals surface area contributed by atoms with Crippen LogP contribution in [0.2, 0.25) is 0 Å². The Morgan fingerprint density at radius 1 is 1.39 bits per heavy atom. The number of aromatic nitrogens is 2. The lowest BCUT2D eigenvalue weighted by Crippen LogP contribution is -2.13. The van der Waals surface area contributed by atoms with Crippen molar-refractivity contribution >= 4 is 5.69 Å². The Morgan fingerprint density at radius 3 is 2.72 bits per heavy atom. The van der Waals surface area contributed by atoms with Gasteiger partial charge >= 0.3 is 0 Å². The zero-order valence-electron chi connectivity index (χ0n) is 10.6. The molecule has 0 saturated heterocycles. The van der Waals surface area contributed by atoms with Gasteiger partial charge in [0.05, 0.1) is 24.3 Å². The third kappa shape index (κ3) is 2.51. The summed E-state index contributed by atoms with van der Waals surface area (Å²) in [6.07, 6.45) is 3.48. The molecular weight excluding hydrogens is 224 g/mol. The van der Waals surface area contributed by atoms with Crippen molar-refractivity contribution in [1.29, 1.82) is 5.26 Å². The molecule has 2 aromatic rings. The van der Waals surface area contributed by atoms with Crippen LogP contribution < -0.4 is 5.32 Å². The Labute approximate surface area is 107 Å². The average molecular weight is 240 g/mol. The third-order valence-electron chi connectivity index (χ3n) is 2.87. The lowest BCUT2D eigenvalue weighted by atomic mass is 10.2. The van der Waals surface area contributed by atoms with Gasteiger partial charge in [-0.15, -0.1) is 0 Å². The molecule has 0 saturated carbocycles. The molecule has 2 rings (SSSR count). The summed E-state index contributed by atoms with van der Waals surface area (Å²) in [6, 6.07) is 9.89. The normalized spacial score (nSPS) is 11.8. The lowest BCUT2D eigenvalue weighted by molar-refractivity contribution is 0.701. The first-order chi connectivity index (χ1) is 8.74. The highest BCUT2D eigenvalue weighted by molar-refractivity contribution is 5.47. The molecule has 1 N–H and O–H groups in total. The lowest BCUT2D eigenvalue weighted by Gasteiger charge is -2.14. The zero-order valence-corrected chi connectivity index (χ0v) is 10.6. The number of aryl methyl sites for hydroxylation is 2. The van der Waals surface area contributed by atoms with Crippen LogP contribution in [0.3, 0.4) is 0 Å². The Bertz CT molecular complexity index is 548. The van der Waals surface area contributed by atoms with E-state index >= 15 is 0 Å². The van der Waals surface area contributed by atoms with Crippen LogP contribution in [0, 0.1) is 18.3 Å². The summed E-state index contributed by atoms with van der Waals surface area (Å²) in [7, 11) is 0. The molecule has 1 atom stereocenters. The first kappa shape index (κ1) is 12.2. The van der Waals surface area contributed by atoms with Gasteiger partial charge in [-0.05, 0) is 26.0 Å². The van der Waals surface area contributed by atoms with Gasteiger partial charge in [-0.3, -0.25) is 0 Å². The zero-order chi connectivity index (χ0) is 13.0. The molecule has 1 aromatic heterocycles. The van der Waals surface area contributed by atoms with Gasteiger partial charge in [-0.2, -0.15) is 5.26 Å². The molecule has 18 heavy (non-hydrogen) atoms. The summed E-state index contributed by atoms with van der Waals surface area (Å²) < 4.78 is 1.97. The first-order valence-corrected chi connectivity index (χ1v) is 5.97. The van der Waals surface area contributed by atoms with Gasteiger partial charge in [0.15, 0.2) is 6.04 Å². The fraction of sp³-hybridized carbons (Fsp3) is 0.286. The van der Waals surface area contributed by atoms with Crippen LogP contribution in [0.4, 0.5) is 5.69 Å². The van der Waals surface area contributed by atoms with Crippen LogP contribution in [0.5, 0.6) is 0 Å². The molecular formula is C14H16N4. The van der Waals surface area contributed by atoms with E-state index in [1.54, 1.807) is 12.5 Å². The van der Waals surface area contributed by atoms with Crippen molar-refractivity contribution in [1.82, 2.24) is 9.55 Å². The number of anilines is 1. The van der Waals surface area contributed by atoms with Crippen LogP contribution in [0.25, 0.3) is 0 Å². The second-order valence-corrected chi connectivity index (χ2v) is 4.18. The standard InChI is InChI=1S/C14H16N4/c1-3-18-10-16-9-14(18)13(8-15)17-12-6-4-11(2)5-7-12/h4-7,9-10,13,17H,3H2,1-2H3. The van der Waals surface area contributed by atoms with Gasteiger partial charge in [0, 0.05) is 12.2 Å². The monoisotopic (exact) mass is 240 g/mol. The van der Waals surface area contributed by atoms with Gasteiger partial charge in [0.25, 0.3) is 0 Å². The van der Waals surface area contributed by atoms with Crippen LogP contribution in [-0.2, 0) is 6.54 Å². The maximum Gasteiger partial charge on any atom is 0.156 e. The molecule has 1 unspecified atom stereocenters. The summed E-state index contributed by atoms with van der Waals surface area (Å²) in [5, 5.41) is 12.5. The SMILES string of the molecule is CCn1cncc1C(C#N)Nc1ccc(C)cc1. The smallest absolute Gasteiger partial charge is 0.156 e. The van der Waals surface area contributed by atoms with Crippen molar-refractivity contribution in [3.63, 3.8) is 0 Å². The maximum absolute atomic E-state index is 9.28. The average Bonchev–Trinajstić information content (AvgIpc) is 2.86. The molecule has 0 spiro atoms. The molecule has 92 valence electrons. The molecule has 0 aliphatic heterocycles. The van der Waals surface area contributed by atoms with Crippen molar-refractivity contribution in [2.24, 2.45) is 0 Å². The fourth-order valence-corrected chi connectivity index (χ4v) is 1.82. The minimum atomic E-state index is -0.379. The topological polar surface area (TPSA) is 53.6 Å². The maximum atomic E-state index is 9.28. The number of rotatable bonds is 4. The second kappa shape index (κ2) is 5.37.